The number of thiophene rings is 1. The maximum atomic E-state index is 5.79. The first kappa shape index (κ1) is 10.5. The van der Waals surface area contributed by atoms with Crippen LogP contribution in [0, 0.1) is 5.41 Å². The van der Waals surface area contributed by atoms with Gasteiger partial charge >= 0.3 is 0 Å². The van der Waals surface area contributed by atoms with Gasteiger partial charge in [-0.2, -0.15) is 0 Å². The standard InChI is InChI=1S/C10H15BrN2S/c1-10(6-12)3-4-13(7-10)9-8(11)2-5-14-9/h2,5H,3-4,6-7,12H2,1H3. The van der Waals surface area contributed by atoms with Crippen LogP contribution >= 0.6 is 27.3 Å². The molecule has 2 heterocycles. The Morgan fingerprint density at radius 1 is 1.71 bits per heavy atom. The first-order chi connectivity index (χ1) is 6.64. The largest absolute Gasteiger partial charge is 0.362 e. The van der Waals surface area contributed by atoms with Crippen LogP contribution < -0.4 is 10.6 Å². The molecule has 1 fully saturated rings. The van der Waals surface area contributed by atoms with Crippen LogP contribution in [0.1, 0.15) is 13.3 Å². The third kappa shape index (κ3) is 1.83. The van der Waals surface area contributed by atoms with Crippen LogP contribution in [0.2, 0.25) is 0 Å². The highest BCUT2D eigenvalue weighted by Gasteiger charge is 2.33. The molecular formula is C10H15BrN2S. The Bertz CT molecular complexity index is 326. The molecule has 0 bridgehead atoms. The fourth-order valence-electron chi connectivity index (χ4n) is 1.88. The molecule has 1 aliphatic rings. The molecule has 0 aliphatic carbocycles. The lowest BCUT2D eigenvalue weighted by Crippen LogP contribution is -2.31. The van der Waals surface area contributed by atoms with E-state index in [1.54, 1.807) is 11.3 Å². The highest BCUT2D eigenvalue weighted by molar-refractivity contribution is 9.10. The van der Waals surface area contributed by atoms with E-state index in [2.05, 4.69) is 39.2 Å². The highest BCUT2D eigenvalue weighted by Crippen LogP contribution is 2.38. The van der Waals surface area contributed by atoms with Gasteiger partial charge in [-0.3, -0.25) is 0 Å². The van der Waals surface area contributed by atoms with Gasteiger partial charge in [-0.1, -0.05) is 6.92 Å². The Morgan fingerprint density at radius 3 is 3.00 bits per heavy atom. The van der Waals surface area contributed by atoms with E-state index in [9.17, 15) is 0 Å². The normalized spacial score (nSPS) is 27.2. The minimum atomic E-state index is 0.309. The number of nitrogens with zero attached hydrogens (tertiary/aromatic N) is 1. The lowest BCUT2D eigenvalue weighted by molar-refractivity contribution is 0.383. The molecule has 1 atom stereocenters. The number of anilines is 1. The number of rotatable bonds is 2. The first-order valence-electron chi connectivity index (χ1n) is 4.83. The van der Waals surface area contributed by atoms with Crippen molar-refractivity contribution in [1.82, 2.24) is 0 Å². The maximum absolute atomic E-state index is 5.79. The van der Waals surface area contributed by atoms with Crippen LogP contribution in [-0.2, 0) is 0 Å². The first-order valence-corrected chi connectivity index (χ1v) is 6.50. The summed E-state index contributed by atoms with van der Waals surface area (Å²) in [4.78, 5) is 2.43. The predicted octanol–water partition coefficient (Wildman–Crippen LogP) is 2.69. The molecule has 0 saturated carbocycles. The Kier molecular flexibility index (Phi) is 2.86. The molecule has 1 aliphatic heterocycles. The summed E-state index contributed by atoms with van der Waals surface area (Å²) < 4.78 is 1.21. The van der Waals surface area contributed by atoms with Crippen LogP contribution in [0.15, 0.2) is 15.9 Å². The number of halogens is 1. The van der Waals surface area contributed by atoms with E-state index in [-0.39, 0.29) is 0 Å². The highest BCUT2D eigenvalue weighted by atomic mass is 79.9. The lowest BCUT2D eigenvalue weighted by Gasteiger charge is -2.23. The van der Waals surface area contributed by atoms with Crippen molar-refractivity contribution >= 4 is 32.3 Å². The van der Waals surface area contributed by atoms with Crippen molar-refractivity contribution in [2.75, 3.05) is 24.5 Å². The summed E-state index contributed by atoms with van der Waals surface area (Å²) in [6.45, 7) is 5.27. The number of hydrogen-bond donors (Lipinski definition) is 1. The molecule has 0 aromatic carbocycles. The molecule has 78 valence electrons. The van der Waals surface area contributed by atoms with Crippen LogP contribution in [-0.4, -0.2) is 19.6 Å². The van der Waals surface area contributed by atoms with Gasteiger partial charge in [0.15, 0.2) is 0 Å². The average molecular weight is 275 g/mol. The zero-order chi connectivity index (χ0) is 10.2. The second-order valence-corrected chi connectivity index (χ2v) is 6.01. The van der Waals surface area contributed by atoms with Gasteiger partial charge in [-0.25, -0.2) is 0 Å². The fourth-order valence-corrected chi connectivity index (χ4v) is 3.53. The van der Waals surface area contributed by atoms with Crippen LogP contribution in [0.4, 0.5) is 5.00 Å². The van der Waals surface area contributed by atoms with E-state index in [1.165, 1.54) is 15.9 Å². The topological polar surface area (TPSA) is 29.3 Å². The van der Waals surface area contributed by atoms with Crippen molar-refractivity contribution in [3.05, 3.63) is 15.9 Å². The van der Waals surface area contributed by atoms with Gasteiger partial charge in [-0.05, 0) is 45.8 Å². The van der Waals surface area contributed by atoms with E-state index in [0.29, 0.717) is 5.41 Å². The van der Waals surface area contributed by atoms with Gasteiger partial charge in [0.05, 0.1) is 4.47 Å². The molecule has 4 heteroatoms. The van der Waals surface area contributed by atoms with E-state index >= 15 is 0 Å². The molecule has 1 unspecified atom stereocenters. The van der Waals surface area contributed by atoms with Crippen molar-refractivity contribution in [2.45, 2.75) is 13.3 Å². The van der Waals surface area contributed by atoms with Gasteiger partial charge in [0, 0.05) is 13.1 Å². The minimum absolute atomic E-state index is 0.309. The second kappa shape index (κ2) is 3.83. The summed E-state index contributed by atoms with van der Waals surface area (Å²) in [6, 6.07) is 2.11. The van der Waals surface area contributed by atoms with Gasteiger partial charge in [0.25, 0.3) is 0 Å². The van der Waals surface area contributed by atoms with E-state index in [0.717, 1.165) is 19.6 Å². The van der Waals surface area contributed by atoms with Gasteiger partial charge in [0.1, 0.15) is 5.00 Å². The number of hydrogen-bond acceptors (Lipinski definition) is 3. The van der Waals surface area contributed by atoms with Crippen molar-refractivity contribution in [3.8, 4) is 0 Å². The summed E-state index contributed by atoms with van der Waals surface area (Å²) in [5.74, 6) is 0. The molecule has 1 aromatic rings. The zero-order valence-electron chi connectivity index (χ0n) is 8.29. The number of nitrogens with two attached hydrogens (primary N) is 1. The van der Waals surface area contributed by atoms with Crippen molar-refractivity contribution in [3.63, 3.8) is 0 Å². The smallest absolute Gasteiger partial charge is 0.105 e. The second-order valence-electron chi connectivity index (χ2n) is 4.26. The summed E-state index contributed by atoms with van der Waals surface area (Å²) in [6.07, 6.45) is 1.20. The Balaban J connectivity index is 2.13. The minimum Gasteiger partial charge on any atom is -0.362 e. The lowest BCUT2D eigenvalue weighted by atomic mass is 9.90. The monoisotopic (exact) mass is 274 g/mol. The molecular weight excluding hydrogens is 260 g/mol. The zero-order valence-corrected chi connectivity index (χ0v) is 10.7. The molecule has 2 N–H and O–H groups in total. The average Bonchev–Trinajstić information content (AvgIpc) is 2.73. The molecule has 1 aromatic heterocycles. The van der Waals surface area contributed by atoms with Crippen LogP contribution in [0.5, 0.6) is 0 Å². The van der Waals surface area contributed by atoms with Crippen LogP contribution in [0.3, 0.4) is 0 Å². The molecule has 1 saturated heterocycles. The maximum Gasteiger partial charge on any atom is 0.105 e. The molecule has 14 heavy (non-hydrogen) atoms. The Hall–Kier alpha value is -0.0600. The SMILES string of the molecule is CC1(CN)CCN(c2sccc2Br)C1. The predicted molar refractivity (Wildman–Crippen MR) is 66.0 cm³/mol. The third-order valence-corrected chi connectivity index (χ3v) is 4.81. The van der Waals surface area contributed by atoms with Crippen molar-refractivity contribution < 1.29 is 0 Å². The Labute approximate surface area is 97.2 Å². The molecule has 2 nitrogen and oxygen atoms in total. The summed E-state index contributed by atoms with van der Waals surface area (Å²) >= 11 is 5.37. The quantitative estimate of drug-likeness (QED) is 0.899. The van der Waals surface area contributed by atoms with E-state index < -0.39 is 0 Å². The summed E-state index contributed by atoms with van der Waals surface area (Å²) in [7, 11) is 0. The van der Waals surface area contributed by atoms with Gasteiger partial charge < -0.3 is 10.6 Å². The molecule has 0 spiro atoms. The van der Waals surface area contributed by atoms with Gasteiger partial charge in [-0.15, -0.1) is 11.3 Å². The molecule has 2 rings (SSSR count). The summed E-state index contributed by atoms with van der Waals surface area (Å²) in [5.41, 5.74) is 6.10. The van der Waals surface area contributed by atoms with E-state index in [4.69, 9.17) is 5.73 Å². The molecule has 0 amide bonds. The van der Waals surface area contributed by atoms with Crippen molar-refractivity contribution in [2.24, 2.45) is 11.1 Å². The van der Waals surface area contributed by atoms with E-state index in [1.807, 2.05) is 0 Å². The molecule has 0 radical (unpaired) electrons. The third-order valence-electron chi connectivity index (χ3n) is 2.94. The Morgan fingerprint density at radius 2 is 2.50 bits per heavy atom. The van der Waals surface area contributed by atoms with Crippen LogP contribution in [0.25, 0.3) is 0 Å². The summed E-state index contributed by atoms with van der Waals surface area (Å²) in [5, 5.41) is 3.47. The fraction of sp³-hybridized carbons (Fsp3) is 0.600. The van der Waals surface area contributed by atoms with Crippen molar-refractivity contribution in [1.29, 1.82) is 0 Å². The van der Waals surface area contributed by atoms with Gasteiger partial charge in [0.2, 0.25) is 0 Å².